The van der Waals surface area contributed by atoms with Gasteiger partial charge in [-0.1, -0.05) is 11.8 Å². The van der Waals surface area contributed by atoms with Crippen LogP contribution < -0.4 is 0 Å². The maximum atomic E-state index is 11.4. The van der Waals surface area contributed by atoms with Gasteiger partial charge >= 0.3 is 11.9 Å². The van der Waals surface area contributed by atoms with Crippen LogP contribution in [0.25, 0.3) is 0 Å². The predicted octanol–water partition coefficient (Wildman–Crippen LogP) is 3.65. The molecule has 2 N–H and O–H groups in total. The topological polar surface area (TPSA) is 74.6 Å². The molecular weight excluding hydrogens is 304 g/mol. The molecule has 4 aliphatic rings. The van der Waals surface area contributed by atoms with Gasteiger partial charge in [0.25, 0.3) is 0 Å². The van der Waals surface area contributed by atoms with Gasteiger partial charge in [0, 0.05) is 11.0 Å². The Balaban J connectivity index is 1.71. The van der Waals surface area contributed by atoms with Gasteiger partial charge in [-0.3, -0.25) is 0 Å². The van der Waals surface area contributed by atoms with Gasteiger partial charge in [-0.25, -0.2) is 9.59 Å². The molecule has 4 heteroatoms. The van der Waals surface area contributed by atoms with Crippen LogP contribution >= 0.6 is 0 Å². The zero-order chi connectivity index (χ0) is 16.9. The molecule has 4 saturated carbocycles. The molecule has 0 saturated heterocycles. The van der Waals surface area contributed by atoms with Crippen molar-refractivity contribution in [3.63, 3.8) is 0 Å². The lowest BCUT2D eigenvalue weighted by Crippen LogP contribution is -2.45. The van der Waals surface area contributed by atoms with E-state index in [0.717, 1.165) is 37.0 Å². The third-order valence-corrected chi connectivity index (χ3v) is 6.00. The first-order valence-electron chi connectivity index (χ1n) is 8.58. The Morgan fingerprint density at radius 3 is 2.04 bits per heavy atom. The van der Waals surface area contributed by atoms with E-state index in [-0.39, 0.29) is 16.5 Å². The Kier molecular flexibility index (Phi) is 3.42. The molecule has 4 nitrogen and oxygen atoms in total. The normalized spacial score (nSPS) is 32.9. The van der Waals surface area contributed by atoms with E-state index in [2.05, 4.69) is 11.8 Å². The van der Waals surface area contributed by atoms with E-state index in [1.807, 2.05) is 0 Å². The zero-order valence-corrected chi connectivity index (χ0v) is 13.4. The Labute approximate surface area is 140 Å². The minimum absolute atomic E-state index is 0.0176. The highest BCUT2D eigenvalue weighted by molar-refractivity contribution is 5.94. The molecule has 0 atom stereocenters. The fourth-order valence-electron chi connectivity index (χ4n) is 5.43. The first-order chi connectivity index (χ1) is 11.4. The summed E-state index contributed by atoms with van der Waals surface area (Å²) in [5, 5.41) is 18.5. The maximum absolute atomic E-state index is 11.4. The molecule has 1 aromatic rings. The van der Waals surface area contributed by atoms with Gasteiger partial charge < -0.3 is 10.2 Å². The molecule has 4 aliphatic carbocycles. The number of carbonyl (C=O) groups is 2. The largest absolute Gasteiger partial charge is 0.478 e. The molecule has 0 unspecified atom stereocenters. The molecular formula is C20H20O4. The number of hydrogen-bond donors (Lipinski definition) is 2. The monoisotopic (exact) mass is 324 g/mol. The molecule has 1 aromatic carbocycles. The van der Waals surface area contributed by atoms with Crippen LogP contribution in [-0.4, -0.2) is 22.2 Å². The van der Waals surface area contributed by atoms with Gasteiger partial charge in [-0.15, -0.1) is 0 Å². The highest BCUT2D eigenvalue weighted by atomic mass is 16.4. The van der Waals surface area contributed by atoms with Gasteiger partial charge in [0.15, 0.2) is 0 Å². The van der Waals surface area contributed by atoms with E-state index in [1.165, 1.54) is 37.5 Å². The number of aromatic carboxylic acids is 2. The summed E-state index contributed by atoms with van der Waals surface area (Å²) in [5.41, 5.74) is 0.495. The van der Waals surface area contributed by atoms with Crippen LogP contribution in [-0.2, 0) is 0 Å². The summed E-state index contributed by atoms with van der Waals surface area (Å²) in [5.74, 6) is 6.64. The van der Waals surface area contributed by atoms with Crippen LogP contribution in [0.3, 0.4) is 0 Å². The molecule has 4 bridgehead atoms. The Hall–Kier alpha value is -2.28. The number of carboxylic acids is 2. The van der Waals surface area contributed by atoms with Gasteiger partial charge in [-0.2, -0.15) is 0 Å². The summed E-state index contributed by atoms with van der Waals surface area (Å²) in [4.78, 5) is 22.6. The lowest BCUT2D eigenvalue weighted by atomic mass is 9.50. The number of rotatable bonds is 2. The van der Waals surface area contributed by atoms with E-state index in [4.69, 9.17) is 5.11 Å². The van der Waals surface area contributed by atoms with Gasteiger partial charge in [0.2, 0.25) is 0 Å². The minimum Gasteiger partial charge on any atom is -0.478 e. The van der Waals surface area contributed by atoms with Crippen LogP contribution in [0.5, 0.6) is 0 Å². The minimum atomic E-state index is -1.07. The van der Waals surface area contributed by atoms with Gasteiger partial charge in [0.05, 0.1) is 11.1 Å². The summed E-state index contributed by atoms with van der Waals surface area (Å²) >= 11 is 0. The maximum Gasteiger partial charge on any atom is 0.336 e. The average Bonchev–Trinajstić information content (AvgIpc) is 2.51. The van der Waals surface area contributed by atoms with Gasteiger partial charge in [-0.05, 0) is 74.5 Å². The second-order valence-electron chi connectivity index (χ2n) is 7.82. The Morgan fingerprint density at radius 2 is 1.54 bits per heavy atom. The quantitative estimate of drug-likeness (QED) is 0.814. The number of hydrogen-bond acceptors (Lipinski definition) is 2. The molecule has 0 aromatic heterocycles. The first-order valence-corrected chi connectivity index (χ1v) is 8.58. The van der Waals surface area contributed by atoms with Crippen molar-refractivity contribution in [2.75, 3.05) is 0 Å². The predicted molar refractivity (Wildman–Crippen MR) is 87.8 cm³/mol. The molecule has 0 spiro atoms. The molecule has 24 heavy (non-hydrogen) atoms. The summed E-state index contributed by atoms with van der Waals surface area (Å²) in [6, 6.07) is 4.05. The standard InChI is InChI=1S/C20H20O4/c21-18(22)16-1-2-17(19(23)24)15(8-16)3-4-20-9-12-5-13(10-20)7-14(6-12)11-20/h1-2,8,12-14H,5-7,9-11H2,(H,21,22)(H,23,24). The van der Waals surface area contributed by atoms with Crippen LogP contribution in [0.15, 0.2) is 18.2 Å². The van der Waals surface area contributed by atoms with Crippen molar-refractivity contribution in [2.45, 2.75) is 38.5 Å². The lowest BCUT2D eigenvalue weighted by molar-refractivity contribution is -0.0181. The molecule has 0 heterocycles. The van der Waals surface area contributed by atoms with E-state index in [1.54, 1.807) is 0 Å². The zero-order valence-electron chi connectivity index (χ0n) is 13.4. The van der Waals surface area contributed by atoms with E-state index >= 15 is 0 Å². The lowest BCUT2D eigenvalue weighted by Gasteiger charge is -2.54. The average molecular weight is 324 g/mol. The van der Waals surface area contributed by atoms with E-state index in [9.17, 15) is 14.7 Å². The van der Waals surface area contributed by atoms with Crippen molar-refractivity contribution in [1.29, 1.82) is 0 Å². The van der Waals surface area contributed by atoms with Crippen molar-refractivity contribution in [1.82, 2.24) is 0 Å². The van der Waals surface area contributed by atoms with Gasteiger partial charge in [0.1, 0.15) is 0 Å². The van der Waals surface area contributed by atoms with Crippen LogP contribution in [0.2, 0.25) is 0 Å². The first kappa shape index (κ1) is 15.3. The number of benzene rings is 1. The second-order valence-corrected chi connectivity index (χ2v) is 7.82. The third-order valence-electron chi connectivity index (χ3n) is 6.00. The highest BCUT2D eigenvalue weighted by Gasteiger charge is 2.50. The van der Waals surface area contributed by atoms with Crippen LogP contribution in [0, 0.1) is 35.0 Å². The van der Waals surface area contributed by atoms with Crippen molar-refractivity contribution >= 4 is 11.9 Å². The summed E-state index contributed by atoms with van der Waals surface area (Å²) in [7, 11) is 0. The summed E-state index contributed by atoms with van der Waals surface area (Å²) in [6.07, 6.45) is 7.34. The van der Waals surface area contributed by atoms with Crippen molar-refractivity contribution in [3.05, 3.63) is 34.9 Å². The molecule has 0 radical (unpaired) electrons. The van der Waals surface area contributed by atoms with Crippen molar-refractivity contribution < 1.29 is 19.8 Å². The number of carboxylic acid groups (broad SMARTS) is 2. The molecule has 0 amide bonds. The Bertz CT molecular complexity index is 745. The van der Waals surface area contributed by atoms with Crippen molar-refractivity contribution in [2.24, 2.45) is 23.2 Å². The Morgan fingerprint density at radius 1 is 0.958 bits per heavy atom. The van der Waals surface area contributed by atoms with Crippen LogP contribution in [0.4, 0.5) is 0 Å². The molecule has 5 rings (SSSR count). The smallest absolute Gasteiger partial charge is 0.336 e. The molecule has 124 valence electrons. The summed E-state index contributed by atoms with van der Waals surface area (Å²) < 4.78 is 0. The molecule has 4 fully saturated rings. The fourth-order valence-corrected chi connectivity index (χ4v) is 5.43. The fraction of sp³-hybridized carbons (Fsp3) is 0.500. The third kappa shape index (κ3) is 2.58. The van der Waals surface area contributed by atoms with Crippen LogP contribution in [0.1, 0.15) is 64.8 Å². The van der Waals surface area contributed by atoms with Crippen molar-refractivity contribution in [3.8, 4) is 11.8 Å². The van der Waals surface area contributed by atoms with E-state index < -0.39 is 11.9 Å². The molecule has 0 aliphatic heterocycles. The highest BCUT2D eigenvalue weighted by Crippen LogP contribution is 2.59. The SMILES string of the molecule is O=C(O)c1ccc(C(=O)O)c(C#CC23CC4CC(CC(C4)C2)C3)c1. The van der Waals surface area contributed by atoms with E-state index in [0.29, 0.717) is 5.56 Å². The second kappa shape index (κ2) is 5.37. The summed E-state index contributed by atoms with van der Waals surface area (Å²) in [6.45, 7) is 0.